The van der Waals surface area contributed by atoms with Gasteiger partial charge in [-0.1, -0.05) is 13.8 Å². The third-order valence-electron chi connectivity index (χ3n) is 1.48. The summed E-state index contributed by atoms with van der Waals surface area (Å²) in [5.74, 6) is 0.670. The molecule has 0 aromatic carbocycles. The average Bonchev–Trinajstić information content (AvgIpc) is 2.13. The van der Waals surface area contributed by atoms with Gasteiger partial charge in [0.2, 0.25) is 0 Å². The molecule has 0 aromatic rings. The third kappa shape index (κ3) is 1.90. The highest BCUT2D eigenvalue weighted by Crippen LogP contribution is 2.12. The van der Waals surface area contributed by atoms with Gasteiger partial charge in [-0.25, -0.2) is 4.99 Å². The minimum atomic E-state index is 0.306. The van der Waals surface area contributed by atoms with Gasteiger partial charge in [-0.3, -0.25) is 0 Å². The summed E-state index contributed by atoms with van der Waals surface area (Å²) in [5, 5.41) is 0. The van der Waals surface area contributed by atoms with Gasteiger partial charge in [0.1, 0.15) is 6.61 Å². The highest BCUT2D eigenvalue weighted by Gasteiger charge is 2.16. The molecule has 0 aromatic heterocycles. The molecule has 2 N–H and O–H groups in total. The minimum Gasteiger partial charge on any atom is -0.463 e. The second-order valence-corrected chi connectivity index (χ2v) is 3.06. The van der Waals surface area contributed by atoms with E-state index in [1.54, 1.807) is 0 Å². The fourth-order valence-electron chi connectivity index (χ4n) is 1.10. The van der Waals surface area contributed by atoms with Crippen LogP contribution in [0.2, 0.25) is 0 Å². The number of nitrogens with two attached hydrogens (primary N) is 1. The maximum atomic E-state index is 5.33. The third-order valence-corrected chi connectivity index (χ3v) is 1.48. The molecule has 10 heavy (non-hydrogen) atoms. The highest BCUT2D eigenvalue weighted by molar-refractivity contribution is 5.72. The Morgan fingerprint density at radius 2 is 2.50 bits per heavy atom. The molecule has 1 heterocycles. The van der Waals surface area contributed by atoms with Crippen LogP contribution in [0.5, 0.6) is 0 Å². The summed E-state index contributed by atoms with van der Waals surface area (Å²) in [6.07, 6.45) is 1.07. The molecule has 1 aliphatic heterocycles. The van der Waals surface area contributed by atoms with Gasteiger partial charge in [0.15, 0.2) is 0 Å². The fraction of sp³-hybridized carbons (Fsp3) is 0.857. The molecule has 3 nitrogen and oxygen atoms in total. The molecular formula is C7H14N2O. The molecule has 1 atom stereocenters. The van der Waals surface area contributed by atoms with E-state index in [9.17, 15) is 0 Å². The average molecular weight is 142 g/mol. The van der Waals surface area contributed by atoms with Crippen LogP contribution in [-0.4, -0.2) is 18.7 Å². The monoisotopic (exact) mass is 142 g/mol. The van der Waals surface area contributed by atoms with E-state index < -0.39 is 0 Å². The van der Waals surface area contributed by atoms with Gasteiger partial charge >= 0.3 is 0 Å². The first kappa shape index (κ1) is 7.38. The lowest BCUT2D eigenvalue weighted by atomic mass is 10.1. The van der Waals surface area contributed by atoms with Gasteiger partial charge in [0.25, 0.3) is 6.02 Å². The van der Waals surface area contributed by atoms with Crippen molar-refractivity contribution in [1.29, 1.82) is 0 Å². The Bertz CT molecular complexity index is 143. The van der Waals surface area contributed by atoms with Crippen LogP contribution in [0.25, 0.3) is 0 Å². The molecule has 0 saturated heterocycles. The maximum absolute atomic E-state index is 5.33. The Labute approximate surface area is 61.3 Å². The summed E-state index contributed by atoms with van der Waals surface area (Å²) in [4.78, 5) is 4.10. The van der Waals surface area contributed by atoms with E-state index in [2.05, 4.69) is 18.8 Å². The van der Waals surface area contributed by atoms with Crippen molar-refractivity contribution in [3.63, 3.8) is 0 Å². The number of rotatable bonds is 2. The molecule has 0 bridgehead atoms. The van der Waals surface area contributed by atoms with Gasteiger partial charge in [-0.2, -0.15) is 0 Å². The van der Waals surface area contributed by atoms with Crippen molar-refractivity contribution in [1.82, 2.24) is 0 Å². The molecule has 0 radical (unpaired) electrons. The molecule has 0 saturated carbocycles. The molecule has 3 heteroatoms. The second-order valence-electron chi connectivity index (χ2n) is 3.06. The van der Waals surface area contributed by atoms with Crippen molar-refractivity contribution < 1.29 is 4.74 Å². The van der Waals surface area contributed by atoms with E-state index >= 15 is 0 Å². The Kier molecular flexibility index (Phi) is 2.14. The summed E-state index contributed by atoms with van der Waals surface area (Å²) in [6.45, 7) is 5.01. The zero-order valence-corrected chi connectivity index (χ0v) is 6.50. The SMILES string of the molecule is CC(C)CC1COC(N)=N1. The molecule has 0 aliphatic carbocycles. The first-order valence-corrected chi connectivity index (χ1v) is 3.64. The molecule has 1 rings (SSSR count). The van der Waals surface area contributed by atoms with Crippen molar-refractivity contribution in [3.05, 3.63) is 0 Å². The van der Waals surface area contributed by atoms with Crippen molar-refractivity contribution in [2.75, 3.05) is 6.61 Å². The quantitative estimate of drug-likeness (QED) is 0.618. The van der Waals surface area contributed by atoms with Crippen LogP contribution in [0.1, 0.15) is 20.3 Å². The molecular weight excluding hydrogens is 128 g/mol. The van der Waals surface area contributed by atoms with E-state index in [4.69, 9.17) is 10.5 Å². The Morgan fingerprint density at radius 1 is 1.80 bits per heavy atom. The topological polar surface area (TPSA) is 47.6 Å². The standard InChI is InChI=1S/C7H14N2O/c1-5(2)3-6-4-10-7(8)9-6/h5-6H,3-4H2,1-2H3,(H2,8,9). The zero-order valence-electron chi connectivity index (χ0n) is 6.50. The molecule has 0 fully saturated rings. The molecule has 0 spiro atoms. The first-order chi connectivity index (χ1) is 4.68. The molecule has 0 amide bonds. The van der Waals surface area contributed by atoms with Gasteiger partial charge in [0, 0.05) is 0 Å². The van der Waals surface area contributed by atoms with Crippen LogP contribution < -0.4 is 5.73 Å². The Balaban J connectivity index is 2.31. The van der Waals surface area contributed by atoms with Crippen LogP contribution in [-0.2, 0) is 4.74 Å². The van der Waals surface area contributed by atoms with Crippen molar-refractivity contribution in [3.8, 4) is 0 Å². The second kappa shape index (κ2) is 2.90. The van der Waals surface area contributed by atoms with Gasteiger partial charge in [0.05, 0.1) is 6.04 Å². The van der Waals surface area contributed by atoms with Crippen molar-refractivity contribution in [2.45, 2.75) is 26.3 Å². The predicted octanol–water partition coefficient (Wildman–Crippen LogP) is 0.746. The smallest absolute Gasteiger partial charge is 0.282 e. The van der Waals surface area contributed by atoms with Crippen LogP contribution in [0.3, 0.4) is 0 Å². The van der Waals surface area contributed by atoms with Crippen LogP contribution >= 0.6 is 0 Å². The number of hydrogen-bond acceptors (Lipinski definition) is 3. The lowest BCUT2D eigenvalue weighted by Gasteiger charge is -2.06. The Morgan fingerprint density at radius 3 is 2.90 bits per heavy atom. The lowest BCUT2D eigenvalue weighted by Crippen LogP contribution is -2.10. The number of ether oxygens (including phenoxy) is 1. The van der Waals surface area contributed by atoms with Crippen LogP contribution in [0.4, 0.5) is 0 Å². The van der Waals surface area contributed by atoms with E-state index in [1.807, 2.05) is 0 Å². The molecule has 58 valence electrons. The summed E-state index contributed by atoms with van der Waals surface area (Å²) in [7, 11) is 0. The van der Waals surface area contributed by atoms with Crippen molar-refractivity contribution >= 4 is 6.02 Å². The van der Waals surface area contributed by atoms with Crippen LogP contribution in [0.15, 0.2) is 4.99 Å². The summed E-state index contributed by atoms with van der Waals surface area (Å²) in [5.41, 5.74) is 5.33. The van der Waals surface area contributed by atoms with E-state index in [1.165, 1.54) is 0 Å². The summed E-state index contributed by atoms with van der Waals surface area (Å²) in [6, 6.07) is 0.658. The first-order valence-electron chi connectivity index (χ1n) is 3.64. The van der Waals surface area contributed by atoms with Gasteiger partial charge in [-0.15, -0.1) is 0 Å². The molecule has 1 aliphatic rings. The maximum Gasteiger partial charge on any atom is 0.282 e. The summed E-state index contributed by atoms with van der Waals surface area (Å²) < 4.78 is 4.99. The van der Waals surface area contributed by atoms with Crippen LogP contribution in [0, 0.1) is 5.92 Å². The number of nitrogens with zero attached hydrogens (tertiary/aromatic N) is 1. The van der Waals surface area contributed by atoms with Gasteiger partial charge in [-0.05, 0) is 12.3 Å². The van der Waals surface area contributed by atoms with E-state index in [-0.39, 0.29) is 0 Å². The van der Waals surface area contributed by atoms with Crippen molar-refractivity contribution in [2.24, 2.45) is 16.6 Å². The highest BCUT2D eigenvalue weighted by atomic mass is 16.5. The van der Waals surface area contributed by atoms with Gasteiger partial charge < -0.3 is 10.5 Å². The largest absolute Gasteiger partial charge is 0.463 e. The zero-order chi connectivity index (χ0) is 7.56. The van der Waals surface area contributed by atoms with E-state index in [0.717, 1.165) is 6.42 Å². The normalized spacial score (nSPS) is 24.7. The number of hydrogen-bond donors (Lipinski definition) is 1. The fourth-order valence-corrected chi connectivity index (χ4v) is 1.10. The molecule has 1 unspecified atom stereocenters. The number of amidine groups is 1. The predicted molar refractivity (Wildman–Crippen MR) is 40.8 cm³/mol. The lowest BCUT2D eigenvalue weighted by molar-refractivity contribution is 0.297. The number of aliphatic imine (C=N–C) groups is 1. The minimum absolute atomic E-state index is 0.306. The Hall–Kier alpha value is -0.730. The van der Waals surface area contributed by atoms with E-state index in [0.29, 0.717) is 24.6 Å². The summed E-state index contributed by atoms with van der Waals surface area (Å²) >= 11 is 0.